The molecule has 1 aromatic rings. The predicted octanol–water partition coefficient (Wildman–Crippen LogP) is 3.34. The van der Waals surface area contributed by atoms with Crippen LogP contribution in [0, 0.1) is 12.8 Å². The Bertz CT molecular complexity index is 453. The molecule has 1 aliphatic rings. The lowest BCUT2D eigenvalue weighted by molar-refractivity contribution is -0.0459. The van der Waals surface area contributed by atoms with Gasteiger partial charge in [0.1, 0.15) is 5.60 Å². The van der Waals surface area contributed by atoms with E-state index < -0.39 is 0 Å². The van der Waals surface area contributed by atoms with Gasteiger partial charge in [-0.25, -0.2) is 9.97 Å². The molecule has 1 N–H and O–H groups in total. The summed E-state index contributed by atoms with van der Waals surface area (Å²) in [5.74, 6) is 1.54. The summed E-state index contributed by atoms with van der Waals surface area (Å²) in [4.78, 5) is 9.49. The Balaban J connectivity index is 2.17. The Labute approximate surface area is 128 Å². The molecule has 1 aliphatic carbocycles. The summed E-state index contributed by atoms with van der Waals surface area (Å²) in [6.07, 6.45) is 4.50. The molecule has 1 aromatic heterocycles. The Morgan fingerprint density at radius 2 is 2.00 bits per heavy atom. The number of ether oxygens (including phenoxy) is 1. The first-order valence-electron chi connectivity index (χ1n) is 8.25. The third-order valence-electron chi connectivity index (χ3n) is 4.01. The van der Waals surface area contributed by atoms with E-state index in [2.05, 4.69) is 37.1 Å². The fraction of sp³-hybridized carbons (Fsp3) is 0.765. The van der Waals surface area contributed by atoms with E-state index in [0.29, 0.717) is 5.92 Å². The Morgan fingerprint density at radius 1 is 1.29 bits per heavy atom. The van der Waals surface area contributed by atoms with Crippen LogP contribution in [0.2, 0.25) is 0 Å². The average molecular weight is 291 g/mol. The molecule has 1 saturated carbocycles. The summed E-state index contributed by atoms with van der Waals surface area (Å²) < 4.78 is 6.08. The van der Waals surface area contributed by atoms with Crippen LogP contribution >= 0.6 is 0 Å². The van der Waals surface area contributed by atoms with Gasteiger partial charge >= 0.3 is 0 Å². The Kier molecular flexibility index (Phi) is 5.71. The van der Waals surface area contributed by atoms with E-state index in [4.69, 9.17) is 9.72 Å². The highest BCUT2D eigenvalue weighted by molar-refractivity contribution is 5.15. The molecule has 1 heterocycles. The van der Waals surface area contributed by atoms with E-state index in [1.165, 1.54) is 12.8 Å². The van der Waals surface area contributed by atoms with E-state index in [1.807, 2.05) is 6.92 Å². The van der Waals surface area contributed by atoms with Crippen LogP contribution in [-0.4, -0.2) is 23.1 Å². The molecule has 0 saturated heterocycles. The lowest BCUT2D eigenvalue weighted by Gasteiger charge is -2.28. The fourth-order valence-corrected chi connectivity index (χ4v) is 3.07. The van der Waals surface area contributed by atoms with Crippen LogP contribution in [0.1, 0.15) is 63.7 Å². The van der Waals surface area contributed by atoms with Gasteiger partial charge in [0.05, 0.1) is 5.69 Å². The monoisotopic (exact) mass is 291 g/mol. The van der Waals surface area contributed by atoms with E-state index in [0.717, 1.165) is 49.8 Å². The van der Waals surface area contributed by atoms with Gasteiger partial charge < -0.3 is 10.1 Å². The molecule has 0 unspecified atom stereocenters. The SMILES string of the molecule is CCOC1(c2nc(C)cc(CNCC(C)C)n2)CCCC1. The summed E-state index contributed by atoms with van der Waals surface area (Å²) in [6.45, 7) is 11.1. The molecule has 0 aromatic carbocycles. The molecular weight excluding hydrogens is 262 g/mol. The van der Waals surface area contributed by atoms with Crippen molar-refractivity contribution in [2.45, 2.75) is 65.5 Å². The van der Waals surface area contributed by atoms with Crippen molar-refractivity contribution >= 4 is 0 Å². The van der Waals surface area contributed by atoms with Crippen LogP contribution in [0.5, 0.6) is 0 Å². The molecule has 0 bridgehead atoms. The second-order valence-electron chi connectivity index (χ2n) is 6.48. The van der Waals surface area contributed by atoms with Crippen molar-refractivity contribution < 1.29 is 4.74 Å². The highest BCUT2D eigenvalue weighted by atomic mass is 16.5. The van der Waals surface area contributed by atoms with E-state index in [9.17, 15) is 0 Å². The van der Waals surface area contributed by atoms with Crippen LogP contribution in [0.3, 0.4) is 0 Å². The molecule has 21 heavy (non-hydrogen) atoms. The molecule has 4 nitrogen and oxygen atoms in total. The summed E-state index contributed by atoms with van der Waals surface area (Å²) in [7, 11) is 0. The summed E-state index contributed by atoms with van der Waals surface area (Å²) in [5.41, 5.74) is 1.87. The van der Waals surface area contributed by atoms with Crippen molar-refractivity contribution in [3.8, 4) is 0 Å². The van der Waals surface area contributed by atoms with Crippen LogP contribution in [0.25, 0.3) is 0 Å². The van der Waals surface area contributed by atoms with Gasteiger partial charge in [-0.3, -0.25) is 0 Å². The van der Waals surface area contributed by atoms with Crippen molar-refractivity contribution in [1.82, 2.24) is 15.3 Å². The largest absolute Gasteiger partial charge is 0.367 e. The number of nitrogens with one attached hydrogen (secondary N) is 1. The van der Waals surface area contributed by atoms with Crippen molar-refractivity contribution in [1.29, 1.82) is 0 Å². The number of aryl methyl sites for hydroxylation is 1. The first-order valence-corrected chi connectivity index (χ1v) is 8.25. The Morgan fingerprint density at radius 3 is 2.62 bits per heavy atom. The van der Waals surface area contributed by atoms with Gasteiger partial charge in [0.15, 0.2) is 5.82 Å². The average Bonchev–Trinajstić information content (AvgIpc) is 2.88. The van der Waals surface area contributed by atoms with Crippen molar-refractivity contribution in [3.63, 3.8) is 0 Å². The minimum absolute atomic E-state index is 0.242. The molecule has 0 atom stereocenters. The van der Waals surface area contributed by atoms with Gasteiger partial charge in [0, 0.05) is 18.8 Å². The number of hydrogen-bond donors (Lipinski definition) is 1. The summed E-state index contributed by atoms with van der Waals surface area (Å²) in [5, 5.41) is 3.46. The molecule has 0 amide bonds. The van der Waals surface area contributed by atoms with E-state index >= 15 is 0 Å². The van der Waals surface area contributed by atoms with Gasteiger partial charge in [-0.05, 0) is 58.1 Å². The zero-order valence-electron chi connectivity index (χ0n) is 13.9. The van der Waals surface area contributed by atoms with E-state index in [-0.39, 0.29) is 5.60 Å². The van der Waals surface area contributed by atoms with Crippen LogP contribution in [0.4, 0.5) is 0 Å². The smallest absolute Gasteiger partial charge is 0.160 e. The molecule has 118 valence electrons. The maximum absolute atomic E-state index is 6.08. The molecule has 2 rings (SSSR count). The molecule has 0 aliphatic heterocycles. The van der Waals surface area contributed by atoms with Crippen molar-refractivity contribution in [2.75, 3.05) is 13.2 Å². The minimum Gasteiger partial charge on any atom is -0.367 e. The van der Waals surface area contributed by atoms with Gasteiger partial charge in [-0.15, -0.1) is 0 Å². The van der Waals surface area contributed by atoms with Crippen LogP contribution in [0.15, 0.2) is 6.07 Å². The predicted molar refractivity (Wildman–Crippen MR) is 85.1 cm³/mol. The third-order valence-corrected chi connectivity index (χ3v) is 4.01. The third kappa shape index (κ3) is 4.24. The van der Waals surface area contributed by atoms with Crippen LogP contribution < -0.4 is 5.32 Å². The number of hydrogen-bond acceptors (Lipinski definition) is 4. The molecule has 0 radical (unpaired) electrons. The van der Waals surface area contributed by atoms with E-state index in [1.54, 1.807) is 0 Å². The van der Waals surface area contributed by atoms with Gasteiger partial charge in [0.2, 0.25) is 0 Å². The highest BCUT2D eigenvalue weighted by Crippen LogP contribution is 2.40. The number of aromatic nitrogens is 2. The van der Waals surface area contributed by atoms with Crippen molar-refractivity contribution in [3.05, 3.63) is 23.3 Å². The van der Waals surface area contributed by atoms with Crippen LogP contribution in [-0.2, 0) is 16.9 Å². The number of nitrogens with zero attached hydrogens (tertiary/aromatic N) is 2. The first kappa shape index (κ1) is 16.4. The van der Waals surface area contributed by atoms with Crippen molar-refractivity contribution in [2.24, 2.45) is 5.92 Å². The molecular formula is C17H29N3O. The first-order chi connectivity index (χ1) is 10.1. The molecule has 0 spiro atoms. The zero-order chi connectivity index (χ0) is 15.3. The quantitative estimate of drug-likeness (QED) is 0.837. The summed E-state index contributed by atoms with van der Waals surface area (Å²) in [6, 6.07) is 2.07. The lowest BCUT2D eigenvalue weighted by Crippen LogP contribution is -2.30. The second kappa shape index (κ2) is 7.32. The van der Waals surface area contributed by atoms with Gasteiger partial charge in [0.25, 0.3) is 0 Å². The maximum atomic E-state index is 6.08. The highest BCUT2D eigenvalue weighted by Gasteiger charge is 2.39. The second-order valence-corrected chi connectivity index (χ2v) is 6.48. The topological polar surface area (TPSA) is 47.0 Å². The summed E-state index contributed by atoms with van der Waals surface area (Å²) >= 11 is 0. The number of rotatable bonds is 7. The van der Waals surface area contributed by atoms with Gasteiger partial charge in [-0.1, -0.05) is 13.8 Å². The van der Waals surface area contributed by atoms with Gasteiger partial charge in [-0.2, -0.15) is 0 Å². The lowest BCUT2D eigenvalue weighted by atomic mass is 10.0. The Hall–Kier alpha value is -1.00. The minimum atomic E-state index is -0.242. The maximum Gasteiger partial charge on any atom is 0.160 e. The standard InChI is InChI=1S/C17H29N3O/c1-5-21-17(8-6-7-9-17)16-19-14(4)10-15(20-16)12-18-11-13(2)3/h10,13,18H,5-9,11-12H2,1-4H3. The fourth-order valence-electron chi connectivity index (χ4n) is 3.07. The normalized spacial score (nSPS) is 17.6. The zero-order valence-corrected chi connectivity index (χ0v) is 13.9. The molecule has 4 heteroatoms. The molecule has 1 fully saturated rings.